The van der Waals surface area contributed by atoms with E-state index in [2.05, 4.69) is 31.4 Å². The van der Waals surface area contributed by atoms with Crippen LogP contribution in [0.25, 0.3) is 0 Å². The van der Waals surface area contributed by atoms with Gasteiger partial charge in [0.15, 0.2) is 0 Å². The van der Waals surface area contributed by atoms with E-state index in [0.717, 1.165) is 11.3 Å². The summed E-state index contributed by atoms with van der Waals surface area (Å²) in [5, 5.41) is 5.60. The lowest BCUT2D eigenvalue weighted by molar-refractivity contribution is -0.143. The molecule has 0 aliphatic heterocycles. The molecule has 1 unspecified atom stereocenters. The van der Waals surface area contributed by atoms with Crippen molar-refractivity contribution in [2.75, 3.05) is 30.9 Å². The van der Waals surface area contributed by atoms with Crippen LogP contribution < -0.4 is 15.5 Å². The highest BCUT2D eigenvalue weighted by Gasteiger charge is 2.32. The quantitative estimate of drug-likeness (QED) is 0.729. The zero-order valence-electron chi connectivity index (χ0n) is 19.0. The van der Waals surface area contributed by atoms with Gasteiger partial charge in [0.25, 0.3) is 0 Å². The fourth-order valence-electron chi connectivity index (χ4n) is 2.94. The van der Waals surface area contributed by atoms with Crippen LogP contribution in [0.5, 0.6) is 0 Å². The van der Waals surface area contributed by atoms with E-state index in [1.54, 1.807) is 0 Å². The van der Waals surface area contributed by atoms with Crippen molar-refractivity contribution >= 4 is 23.3 Å². The number of nitrogens with zero attached hydrogens (tertiary/aromatic N) is 2. The Morgan fingerprint density at radius 3 is 2.18 bits per heavy atom. The molecule has 0 saturated carbocycles. The van der Waals surface area contributed by atoms with Gasteiger partial charge in [0.05, 0.1) is 0 Å². The third-order valence-electron chi connectivity index (χ3n) is 4.86. The number of carbonyl (C=O) groups excluding carboxylic acids is 2. The van der Waals surface area contributed by atoms with E-state index in [0.29, 0.717) is 24.7 Å². The minimum Gasteiger partial charge on any atom is -0.377 e. The zero-order valence-corrected chi connectivity index (χ0v) is 19.0. The standard InChI is InChI=1S/C22H38N4O2/c1-10-23-21(28)24-18-11-12-19(25(8)9)17(13-18)14-26(16(4)15(2)3)20(27)22(5,6)7/h11-13,15-16H,10,14H2,1-9H3,(H2,23,24,28). The van der Waals surface area contributed by atoms with E-state index in [9.17, 15) is 9.59 Å². The third-order valence-corrected chi connectivity index (χ3v) is 4.86. The number of benzene rings is 1. The molecule has 0 aromatic heterocycles. The third kappa shape index (κ3) is 6.43. The van der Waals surface area contributed by atoms with Crippen molar-refractivity contribution in [1.29, 1.82) is 0 Å². The number of amides is 3. The fraction of sp³-hybridized carbons (Fsp3) is 0.636. The largest absolute Gasteiger partial charge is 0.377 e. The van der Waals surface area contributed by atoms with Gasteiger partial charge in [-0.1, -0.05) is 34.6 Å². The maximum absolute atomic E-state index is 13.2. The van der Waals surface area contributed by atoms with Crippen molar-refractivity contribution in [2.24, 2.45) is 11.3 Å². The molecule has 0 fully saturated rings. The fourth-order valence-corrected chi connectivity index (χ4v) is 2.94. The minimum atomic E-state index is -0.460. The number of hydrogen-bond donors (Lipinski definition) is 2. The molecule has 0 spiro atoms. The van der Waals surface area contributed by atoms with E-state index in [-0.39, 0.29) is 18.0 Å². The summed E-state index contributed by atoms with van der Waals surface area (Å²) in [6.45, 7) is 15.2. The number of anilines is 2. The van der Waals surface area contributed by atoms with Crippen LogP contribution in [0.15, 0.2) is 18.2 Å². The van der Waals surface area contributed by atoms with Gasteiger partial charge in [-0.2, -0.15) is 0 Å². The molecule has 28 heavy (non-hydrogen) atoms. The summed E-state index contributed by atoms with van der Waals surface area (Å²) in [4.78, 5) is 29.1. The Labute approximate surface area is 170 Å². The normalized spacial score (nSPS) is 12.5. The molecule has 0 aliphatic rings. The molecule has 0 bridgehead atoms. The summed E-state index contributed by atoms with van der Waals surface area (Å²) in [6.07, 6.45) is 0. The van der Waals surface area contributed by atoms with Gasteiger partial charge < -0.3 is 20.4 Å². The molecule has 6 nitrogen and oxygen atoms in total. The van der Waals surface area contributed by atoms with Gasteiger partial charge in [0, 0.05) is 50.0 Å². The number of urea groups is 1. The van der Waals surface area contributed by atoms with Crippen molar-refractivity contribution < 1.29 is 9.59 Å². The SMILES string of the molecule is CCNC(=O)Nc1ccc(N(C)C)c(CN(C(=O)C(C)(C)C)C(C)C(C)C)c1. The Morgan fingerprint density at radius 1 is 1.11 bits per heavy atom. The number of carbonyl (C=O) groups is 2. The summed E-state index contributed by atoms with van der Waals surface area (Å²) in [6, 6.07) is 5.69. The van der Waals surface area contributed by atoms with Gasteiger partial charge in [-0.25, -0.2) is 4.79 Å². The average Bonchev–Trinajstić information content (AvgIpc) is 2.57. The topological polar surface area (TPSA) is 64.7 Å². The Morgan fingerprint density at radius 2 is 1.71 bits per heavy atom. The van der Waals surface area contributed by atoms with E-state index in [1.165, 1.54) is 0 Å². The first-order valence-electron chi connectivity index (χ1n) is 10.0. The summed E-state index contributed by atoms with van der Waals surface area (Å²) < 4.78 is 0. The molecule has 3 amide bonds. The molecule has 0 aliphatic carbocycles. The maximum Gasteiger partial charge on any atom is 0.319 e. The van der Waals surface area contributed by atoms with Gasteiger partial charge in [0.2, 0.25) is 5.91 Å². The first-order valence-corrected chi connectivity index (χ1v) is 10.0. The molecule has 1 atom stereocenters. The van der Waals surface area contributed by atoms with Gasteiger partial charge in [-0.3, -0.25) is 4.79 Å². The number of hydrogen-bond acceptors (Lipinski definition) is 3. The summed E-state index contributed by atoms with van der Waals surface area (Å²) >= 11 is 0. The van der Waals surface area contributed by atoms with Crippen LogP contribution in [0.4, 0.5) is 16.2 Å². The molecule has 1 aromatic rings. The van der Waals surface area contributed by atoms with Crippen molar-refractivity contribution in [1.82, 2.24) is 10.2 Å². The Kier molecular flexibility index (Phi) is 8.33. The van der Waals surface area contributed by atoms with Gasteiger partial charge in [-0.15, -0.1) is 0 Å². The predicted molar refractivity (Wildman–Crippen MR) is 118 cm³/mol. The van der Waals surface area contributed by atoms with E-state index in [4.69, 9.17) is 0 Å². The van der Waals surface area contributed by atoms with Crippen LogP contribution >= 0.6 is 0 Å². The second-order valence-corrected chi connectivity index (χ2v) is 8.89. The van der Waals surface area contributed by atoms with E-state index >= 15 is 0 Å². The van der Waals surface area contributed by atoms with Crippen molar-refractivity contribution in [2.45, 2.75) is 61.1 Å². The zero-order chi connectivity index (χ0) is 21.6. The van der Waals surface area contributed by atoms with Crippen LogP contribution in [0, 0.1) is 11.3 Å². The number of rotatable bonds is 7. The average molecular weight is 391 g/mol. The molecule has 0 saturated heterocycles. The van der Waals surface area contributed by atoms with Gasteiger partial charge >= 0.3 is 6.03 Å². The molecule has 1 rings (SSSR count). The lowest BCUT2D eigenvalue weighted by Crippen LogP contribution is -2.46. The van der Waals surface area contributed by atoms with Crippen LogP contribution in [0.3, 0.4) is 0 Å². The van der Waals surface area contributed by atoms with Crippen molar-refractivity contribution in [3.63, 3.8) is 0 Å². The van der Waals surface area contributed by atoms with E-state index < -0.39 is 5.41 Å². The predicted octanol–water partition coefficient (Wildman–Crippen LogP) is 4.31. The molecule has 2 N–H and O–H groups in total. The number of nitrogens with one attached hydrogen (secondary N) is 2. The first kappa shape index (κ1) is 23.8. The Bertz CT molecular complexity index is 678. The molecule has 158 valence electrons. The van der Waals surface area contributed by atoms with E-state index in [1.807, 2.05) is 69.8 Å². The monoisotopic (exact) mass is 390 g/mol. The van der Waals surface area contributed by atoms with Gasteiger partial charge in [0.1, 0.15) is 0 Å². The lowest BCUT2D eigenvalue weighted by Gasteiger charge is -2.37. The second kappa shape index (κ2) is 9.80. The molecular weight excluding hydrogens is 352 g/mol. The Hall–Kier alpha value is -2.24. The minimum absolute atomic E-state index is 0.0988. The second-order valence-electron chi connectivity index (χ2n) is 8.89. The maximum atomic E-state index is 13.2. The lowest BCUT2D eigenvalue weighted by atomic mass is 9.92. The van der Waals surface area contributed by atoms with Crippen LogP contribution in [-0.4, -0.2) is 43.5 Å². The van der Waals surface area contributed by atoms with Crippen LogP contribution in [-0.2, 0) is 11.3 Å². The van der Waals surface area contributed by atoms with Crippen molar-refractivity contribution in [3.05, 3.63) is 23.8 Å². The summed E-state index contributed by atoms with van der Waals surface area (Å²) in [5.74, 6) is 0.464. The summed E-state index contributed by atoms with van der Waals surface area (Å²) in [5.41, 5.74) is 2.29. The highest BCUT2D eigenvalue weighted by atomic mass is 16.2. The molecular formula is C22H38N4O2. The highest BCUT2D eigenvalue weighted by molar-refractivity contribution is 5.89. The van der Waals surface area contributed by atoms with Crippen molar-refractivity contribution in [3.8, 4) is 0 Å². The Balaban J connectivity index is 3.31. The van der Waals surface area contributed by atoms with Crippen LogP contribution in [0.2, 0.25) is 0 Å². The summed E-state index contributed by atoms with van der Waals surface area (Å²) in [7, 11) is 3.97. The molecule has 6 heteroatoms. The molecule has 0 heterocycles. The first-order chi connectivity index (χ1) is 12.9. The van der Waals surface area contributed by atoms with Crippen LogP contribution in [0.1, 0.15) is 54.0 Å². The highest BCUT2D eigenvalue weighted by Crippen LogP contribution is 2.29. The van der Waals surface area contributed by atoms with Gasteiger partial charge in [-0.05, 0) is 43.5 Å². The molecule has 1 aromatic carbocycles. The molecule has 0 radical (unpaired) electrons. The smallest absolute Gasteiger partial charge is 0.319 e.